The minimum Gasteiger partial charge on any atom is -0.478 e. The summed E-state index contributed by atoms with van der Waals surface area (Å²) >= 11 is 0. The number of carbonyl (C=O) groups is 1. The van der Waals surface area contributed by atoms with Crippen LogP contribution in [0.4, 0.5) is 5.69 Å². The molecule has 0 aromatic heterocycles. The molecule has 2 rings (SSSR count). The van der Waals surface area contributed by atoms with Gasteiger partial charge in [0.25, 0.3) is 0 Å². The third kappa shape index (κ3) is 3.49. The maximum Gasteiger partial charge on any atom is 0.337 e. The summed E-state index contributed by atoms with van der Waals surface area (Å²) in [5.74, 6) is -1.14. The summed E-state index contributed by atoms with van der Waals surface area (Å²) in [7, 11) is -3.69. The first kappa shape index (κ1) is 14.8. The van der Waals surface area contributed by atoms with Crippen LogP contribution in [-0.2, 0) is 10.0 Å². The smallest absolute Gasteiger partial charge is 0.337 e. The number of aromatic carboxylic acids is 1. The van der Waals surface area contributed by atoms with Crippen molar-refractivity contribution < 1.29 is 18.3 Å². The number of hydrogen-bond acceptors (Lipinski definition) is 4. The van der Waals surface area contributed by atoms with Crippen LogP contribution in [0, 0.1) is 0 Å². The van der Waals surface area contributed by atoms with Crippen LogP contribution in [0.1, 0.15) is 37.0 Å². The van der Waals surface area contributed by atoms with Gasteiger partial charge in [0, 0.05) is 17.8 Å². The van der Waals surface area contributed by atoms with Crippen LogP contribution in [0.5, 0.6) is 0 Å². The second-order valence-corrected chi connectivity index (χ2v) is 6.92. The number of hydrogen-bond donors (Lipinski definition) is 3. The second kappa shape index (κ2) is 5.41. The van der Waals surface area contributed by atoms with Gasteiger partial charge in [0.1, 0.15) is 0 Å². The Hall–Kier alpha value is -1.60. The standard InChI is InChI=1S/C13H18N2O4S/c1-8(2)15-20(18,19)10-5-6-12(14-9-3-4-9)11(7-10)13(16)17/h5-9,14-15H,3-4H2,1-2H3,(H,16,17). The van der Waals surface area contributed by atoms with Crippen LogP contribution < -0.4 is 10.0 Å². The van der Waals surface area contributed by atoms with E-state index >= 15 is 0 Å². The first-order valence-electron chi connectivity index (χ1n) is 6.46. The van der Waals surface area contributed by atoms with Gasteiger partial charge in [-0.05, 0) is 44.9 Å². The van der Waals surface area contributed by atoms with Crippen molar-refractivity contribution in [3.8, 4) is 0 Å². The highest BCUT2D eigenvalue weighted by Crippen LogP contribution is 2.28. The highest BCUT2D eigenvalue weighted by molar-refractivity contribution is 7.89. The summed E-state index contributed by atoms with van der Waals surface area (Å²) in [5, 5.41) is 12.3. The maximum atomic E-state index is 12.0. The Morgan fingerprint density at radius 2 is 2.00 bits per heavy atom. The molecular weight excluding hydrogens is 280 g/mol. The van der Waals surface area contributed by atoms with E-state index in [9.17, 15) is 18.3 Å². The van der Waals surface area contributed by atoms with E-state index < -0.39 is 16.0 Å². The summed E-state index contributed by atoms with van der Waals surface area (Å²) in [4.78, 5) is 11.2. The molecule has 1 fully saturated rings. The van der Waals surface area contributed by atoms with E-state index in [0.29, 0.717) is 11.7 Å². The van der Waals surface area contributed by atoms with Gasteiger partial charge in [-0.15, -0.1) is 0 Å². The molecule has 7 heteroatoms. The Balaban J connectivity index is 2.36. The average Bonchev–Trinajstić information content (AvgIpc) is 3.11. The molecule has 0 heterocycles. The number of rotatable bonds is 6. The van der Waals surface area contributed by atoms with Crippen LogP contribution >= 0.6 is 0 Å². The maximum absolute atomic E-state index is 12.0. The molecule has 1 aromatic rings. The van der Waals surface area contributed by atoms with Crippen LogP contribution in [-0.4, -0.2) is 31.6 Å². The van der Waals surface area contributed by atoms with E-state index in [1.807, 2.05) is 0 Å². The summed E-state index contributed by atoms with van der Waals surface area (Å²) < 4.78 is 26.5. The summed E-state index contributed by atoms with van der Waals surface area (Å²) in [5.41, 5.74) is 0.437. The molecule has 0 bridgehead atoms. The number of carboxylic acids is 1. The molecule has 110 valence electrons. The number of anilines is 1. The van der Waals surface area contributed by atoms with Gasteiger partial charge >= 0.3 is 5.97 Å². The zero-order valence-corrected chi connectivity index (χ0v) is 12.2. The fraction of sp³-hybridized carbons (Fsp3) is 0.462. The summed E-state index contributed by atoms with van der Waals surface area (Å²) in [6, 6.07) is 4.16. The Labute approximate surface area is 118 Å². The zero-order chi connectivity index (χ0) is 14.9. The lowest BCUT2D eigenvalue weighted by molar-refractivity contribution is 0.0697. The van der Waals surface area contributed by atoms with Crippen molar-refractivity contribution in [3.63, 3.8) is 0 Å². The second-order valence-electron chi connectivity index (χ2n) is 5.21. The summed E-state index contributed by atoms with van der Waals surface area (Å²) in [6.07, 6.45) is 2.02. The monoisotopic (exact) mass is 298 g/mol. The van der Waals surface area contributed by atoms with Crippen molar-refractivity contribution in [1.29, 1.82) is 0 Å². The molecule has 1 aromatic carbocycles. The van der Waals surface area contributed by atoms with E-state index in [0.717, 1.165) is 12.8 Å². The Morgan fingerprint density at radius 3 is 2.50 bits per heavy atom. The molecule has 1 aliphatic carbocycles. The van der Waals surface area contributed by atoms with E-state index in [1.165, 1.54) is 18.2 Å². The van der Waals surface area contributed by atoms with Crippen molar-refractivity contribution in [3.05, 3.63) is 23.8 Å². The highest BCUT2D eigenvalue weighted by Gasteiger charge is 2.25. The fourth-order valence-corrected chi connectivity index (χ4v) is 3.10. The number of carboxylic acid groups (broad SMARTS) is 1. The van der Waals surface area contributed by atoms with Gasteiger partial charge in [0.2, 0.25) is 10.0 Å². The molecule has 6 nitrogen and oxygen atoms in total. The van der Waals surface area contributed by atoms with Crippen LogP contribution in [0.25, 0.3) is 0 Å². The van der Waals surface area contributed by atoms with Crippen LogP contribution in [0.3, 0.4) is 0 Å². The van der Waals surface area contributed by atoms with Crippen molar-refractivity contribution in [2.75, 3.05) is 5.32 Å². The molecule has 0 amide bonds. The quantitative estimate of drug-likeness (QED) is 0.742. The molecule has 3 N–H and O–H groups in total. The van der Waals surface area contributed by atoms with E-state index in [1.54, 1.807) is 13.8 Å². The lowest BCUT2D eigenvalue weighted by Gasteiger charge is -2.13. The molecule has 20 heavy (non-hydrogen) atoms. The third-order valence-corrected chi connectivity index (χ3v) is 4.52. The first-order valence-corrected chi connectivity index (χ1v) is 7.94. The van der Waals surface area contributed by atoms with Crippen LogP contribution in [0.15, 0.2) is 23.1 Å². The van der Waals surface area contributed by atoms with Gasteiger partial charge in [0.05, 0.1) is 10.5 Å². The summed E-state index contributed by atoms with van der Waals surface area (Å²) in [6.45, 7) is 3.41. The van der Waals surface area contributed by atoms with E-state index in [4.69, 9.17) is 0 Å². The number of nitrogens with one attached hydrogen (secondary N) is 2. The number of benzene rings is 1. The normalized spacial score (nSPS) is 15.3. The largest absolute Gasteiger partial charge is 0.478 e. The molecule has 0 atom stereocenters. The molecule has 0 unspecified atom stereocenters. The lowest BCUT2D eigenvalue weighted by Crippen LogP contribution is -2.30. The SMILES string of the molecule is CC(C)NS(=O)(=O)c1ccc(NC2CC2)c(C(=O)O)c1. The predicted octanol–water partition coefficient (Wildman–Crippen LogP) is 1.65. The zero-order valence-electron chi connectivity index (χ0n) is 11.4. The van der Waals surface area contributed by atoms with Crippen molar-refractivity contribution in [1.82, 2.24) is 4.72 Å². The first-order chi connectivity index (χ1) is 9.29. The predicted molar refractivity (Wildman–Crippen MR) is 75.5 cm³/mol. The van der Waals surface area contributed by atoms with Gasteiger partial charge < -0.3 is 10.4 Å². The molecule has 1 aliphatic rings. The minimum atomic E-state index is -3.69. The van der Waals surface area contributed by atoms with Gasteiger partial charge in [-0.25, -0.2) is 17.9 Å². The molecular formula is C13H18N2O4S. The van der Waals surface area contributed by atoms with Gasteiger partial charge in [0.15, 0.2) is 0 Å². The van der Waals surface area contributed by atoms with Gasteiger partial charge in [-0.1, -0.05) is 0 Å². The molecule has 0 radical (unpaired) electrons. The molecule has 0 spiro atoms. The van der Waals surface area contributed by atoms with Crippen molar-refractivity contribution in [2.24, 2.45) is 0 Å². The highest BCUT2D eigenvalue weighted by atomic mass is 32.2. The third-order valence-electron chi connectivity index (χ3n) is 2.86. The Kier molecular flexibility index (Phi) is 4.01. The lowest BCUT2D eigenvalue weighted by atomic mass is 10.2. The minimum absolute atomic E-state index is 0.0245. The number of sulfonamides is 1. The van der Waals surface area contributed by atoms with Crippen molar-refractivity contribution in [2.45, 2.75) is 43.7 Å². The van der Waals surface area contributed by atoms with Crippen LogP contribution in [0.2, 0.25) is 0 Å². The molecule has 0 aliphatic heterocycles. The fourth-order valence-electron chi connectivity index (χ4n) is 1.82. The Bertz CT molecular complexity index is 621. The molecule has 1 saturated carbocycles. The van der Waals surface area contributed by atoms with Gasteiger partial charge in [-0.2, -0.15) is 0 Å². The Morgan fingerprint density at radius 1 is 1.35 bits per heavy atom. The van der Waals surface area contributed by atoms with Crippen molar-refractivity contribution >= 4 is 21.7 Å². The average molecular weight is 298 g/mol. The molecule has 0 saturated heterocycles. The van der Waals surface area contributed by atoms with Gasteiger partial charge in [-0.3, -0.25) is 0 Å². The topological polar surface area (TPSA) is 95.5 Å². The van der Waals surface area contributed by atoms with E-state index in [2.05, 4.69) is 10.0 Å². The van der Waals surface area contributed by atoms with E-state index in [-0.39, 0.29) is 16.5 Å².